The quantitative estimate of drug-likeness (QED) is 0.478. The minimum atomic E-state index is 0.135. The van der Waals surface area contributed by atoms with E-state index >= 15 is 0 Å². The van der Waals surface area contributed by atoms with Crippen molar-refractivity contribution in [3.63, 3.8) is 0 Å². The fraction of sp³-hybridized carbons (Fsp3) is 0.692. The van der Waals surface area contributed by atoms with Crippen LogP contribution in [-0.4, -0.2) is 62.2 Å². The van der Waals surface area contributed by atoms with Crippen LogP contribution in [0.15, 0.2) is 35.3 Å². The van der Waals surface area contributed by atoms with Gasteiger partial charge in [-0.2, -0.15) is 0 Å². The number of aliphatic imine (C=N–C) groups is 1. The van der Waals surface area contributed by atoms with E-state index in [9.17, 15) is 4.79 Å². The van der Waals surface area contributed by atoms with Crippen LogP contribution in [0.1, 0.15) is 52.5 Å². The number of amides is 1. The molecule has 2 saturated heterocycles. The third-order valence-corrected chi connectivity index (χ3v) is 6.49. The molecule has 1 amide bonds. The average Bonchev–Trinajstić information content (AvgIpc) is 3.14. The fourth-order valence-corrected chi connectivity index (χ4v) is 4.90. The molecule has 32 heavy (non-hydrogen) atoms. The summed E-state index contributed by atoms with van der Waals surface area (Å²) in [5.41, 5.74) is 1.41. The lowest BCUT2D eigenvalue weighted by Gasteiger charge is -2.40. The molecule has 0 aliphatic carbocycles. The molecule has 0 aromatic heterocycles. The number of nitrogens with zero attached hydrogens (tertiary/aromatic N) is 2. The van der Waals surface area contributed by atoms with Gasteiger partial charge >= 0.3 is 0 Å². The van der Waals surface area contributed by atoms with E-state index in [0.29, 0.717) is 18.9 Å². The van der Waals surface area contributed by atoms with Gasteiger partial charge in [-0.05, 0) is 37.2 Å². The van der Waals surface area contributed by atoms with Gasteiger partial charge in [-0.15, -0.1) is 0 Å². The van der Waals surface area contributed by atoms with Gasteiger partial charge in [0.2, 0.25) is 5.91 Å². The van der Waals surface area contributed by atoms with E-state index in [-0.39, 0.29) is 23.3 Å². The third-order valence-electron chi connectivity index (χ3n) is 6.49. The van der Waals surface area contributed by atoms with Crippen molar-refractivity contribution in [2.24, 2.45) is 22.2 Å². The number of rotatable bonds is 8. The normalized spacial score (nSPS) is 24.6. The summed E-state index contributed by atoms with van der Waals surface area (Å²) in [4.78, 5) is 19.3. The Labute approximate surface area is 194 Å². The highest BCUT2D eigenvalue weighted by molar-refractivity contribution is 5.80. The van der Waals surface area contributed by atoms with Crippen molar-refractivity contribution < 1.29 is 9.53 Å². The number of hydrogen-bond donors (Lipinski definition) is 2. The minimum Gasteiger partial charge on any atom is -0.377 e. The maximum atomic E-state index is 12.5. The summed E-state index contributed by atoms with van der Waals surface area (Å²) < 4.78 is 6.12. The Bertz CT molecular complexity index is 744. The van der Waals surface area contributed by atoms with Crippen LogP contribution < -0.4 is 10.6 Å². The molecular formula is C26H42N4O2. The molecule has 3 atom stereocenters. The maximum absolute atomic E-state index is 12.5. The Kier molecular flexibility index (Phi) is 8.97. The van der Waals surface area contributed by atoms with Crippen LogP contribution in [0.4, 0.5) is 0 Å². The first-order valence-corrected chi connectivity index (χ1v) is 12.3. The van der Waals surface area contributed by atoms with Crippen molar-refractivity contribution in [2.45, 2.75) is 59.5 Å². The van der Waals surface area contributed by atoms with Gasteiger partial charge in [0.1, 0.15) is 0 Å². The summed E-state index contributed by atoms with van der Waals surface area (Å²) in [6, 6.07) is 10.4. The SMILES string of the molecule is CCNC(=NCC1CC(=O)N(CCc2ccccc2)C1)NCC1CCCOC1C(C)(C)C. The van der Waals surface area contributed by atoms with Crippen LogP contribution in [0.2, 0.25) is 0 Å². The van der Waals surface area contributed by atoms with Crippen LogP contribution in [0.3, 0.4) is 0 Å². The van der Waals surface area contributed by atoms with Crippen LogP contribution in [0.25, 0.3) is 0 Å². The van der Waals surface area contributed by atoms with Gasteiger partial charge in [-0.1, -0.05) is 51.1 Å². The number of carbonyl (C=O) groups is 1. The highest BCUT2D eigenvalue weighted by atomic mass is 16.5. The molecule has 0 radical (unpaired) electrons. The Balaban J connectivity index is 1.49. The summed E-state index contributed by atoms with van der Waals surface area (Å²) in [6.45, 7) is 13.7. The van der Waals surface area contributed by atoms with Crippen molar-refractivity contribution in [1.29, 1.82) is 0 Å². The van der Waals surface area contributed by atoms with E-state index in [1.54, 1.807) is 0 Å². The molecule has 0 spiro atoms. The molecule has 3 unspecified atom stereocenters. The molecule has 3 rings (SSSR count). The Morgan fingerprint density at radius 1 is 1.22 bits per heavy atom. The second-order valence-electron chi connectivity index (χ2n) is 10.3. The molecule has 6 nitrogen and oxygen atoms in total. The molecule has 178 valence electrons. The second kappa shape index (κ2) is 11.7. The van der Waals surface area contributed by atoms with E-state index in [1.807, 2.05) is 11.0 Å². The maximum Gasteiger partial charge on any atom is 0.223 e. The van der Waals surface area contributed by atoms with E-state index in [1.165, 1.54) is 12.0 Å². The highest BCUT2D eigenvalue weighted by Crippen LogP contribution is 2.33. The summed E-state index contributed by atoms with van der Waals surface area (Å²) in [7, 11) is 0. The van der Waals surface area contributed by atoms with Crippen molar-refractivity contribution in [2.75, 3.05) is 39.3 Å². The van der Waals surface area contributed by atoms with Crippen LogP contribution in [-0.2, 0) is 16.0 Å². The van der Waals surface area contributed by atoms with Crippen molar-refractivity contribution in [3.05, 3.63) is 35.9 Å². The lowest BCUT2D eigenvalue weighted by molar-refractivity contribution is -0.127. The number of carbonyl (C=O) groups excluding carboxylic acids is 1. The van der Waals surface area contributed by atoms with E-state index in [4.69, 9.17) is 9.73 Å². The number of benzene rings is 1. The molecule has 2 aliphatic heterocycles. The Morgan fingerprint density at radius 3 is 2.72 bits per heavy atom. The molecule has 2 fully saturated rings. The van der Waals surface area contributed by atoms with Gasteiger partial charge in [-0.25, -0.2) is 0 Å². The van der Waals surface area contributed by atoms with Gasteiger partial charge in [0.05, 0.1) is 6.10 Å². The van der Waals surface area contributed by atoms with Crippen LogP contribution in [0.5, 0.6) is 0 Å². The zero-order valence-electron chi connectivity index (χ0n) is 20.4. The topological polar surface area (TPSA) is 66.0 Å². The zero-order chi connectivity index (χ0) is 23.0. The number of ether oxygens (including phenoxy) is 1. The molecule has 1 aromatic carbocycles. The number of likely N-dealkylation sites (tertiary alicyclic amines) is 1. The van der Waals surface area contributed by atoms with Crippen molar-refractivity contribution >= 4 is 11.9 Å². The van der Waals surface area contributed by atoms with Gasteiger partial charge in [0.15, 0.2) is 5.96 Å². The van der Waals surface area contributed by atoms with Crippen LogP contribution in [0, 0.1) is 17.3 Å². The summed E-state index contributed by atoms with van der Waals surface area (Å²) >= 11 is 0. The molecule has 6 heteroatoms. The van der Waals surface area contributed by atoms with E-state index in [2.05, 4.69) is 62.6 Å². The number of hydrogen-bond acceptors (Lipinski definition) is 3. The second-order valence-corrected chi connectivity index (χ2v) is 10.3. The number of nitrogens with one attached hydrogen (secondary N) is 2. The van der Waals surface area contributed by atoms with Gasteiger partial charge in [0, 0.05) is 57.6 Å². The molecule has 0 bridgehead atoms. The zero-order valence-corrected chi connectivity index (χ0v) is 20.4. The molecular weight excluding hydrogens is 400 g/mol. The number of guanidine groups is 1. The van der Waals surface area contributed by atoms with E-state index in [0.717, 1.165) is 51.6 Å². The first-order chi connectivity index (χ1) is 15.4. The van der Waals surface area contributed by atoms with Gasteiger partial charge in [-0.3, -0.25) is 9.79 Å². The van der Waals surface area contributed by atoms with Gasteiger partial charge < -0.3 is 20.3 Å². The predicted molar refractivity (Wildman–Crippen MR) is 131 cm³/mol. The first-order valence-electron chi connectivity index (χ1n) is 12.3. The molecule has 2 aliphatic rings. The highest BCUT2D eigenvalue weighted by Gasteiger charge is 2.35. The largest absolute Gasteiger partial charge is 0.377 e. The molecule has 1 aromatic rings. The first kappa shape index (κ1) is 24.6. The third kappa shape index (κ3) is 7.22. The van der Waals surface area contributed by atoms with Gasteiger partial charge in [0.25, 0.3) is 0 Å². The summed E-state index contributed by atoms with van der Waals surface area (Å²) in [5.74, 6) is 1.87. The standard InChI is InChI=1S/C26H42N4O2/c1-5-27-25(29-18-22-12-9-15-32-24(22)26(2,3)4)28-17-21-16-23(31)30(19-21)14-13-20-10-7-6-8-11-20/h6-8,10-11,21-22,24H,5,9,12-19H2,1-4H3,(H2,27,28,29). The smallest absolute Gasteiger partial charge is 0.223 e. The van der Waals surface area contributed by atoms with Crippen molar-refractivity contribution in [1.82, 2.24) is 15.5 Å². The fourth-order valence-electron chi connectivity index (χ4n) is 4.90. The molecule has 0 saturated carbocycles. The van der Waals surface area contributed by atoms with Crippen LogP contribution >= 0.6 is 0 Å². The summed E-state index contributed by atoms with van der Waals surface area (Å²) in [6.07, 6.45) is 4.07. The Morgan fingerprint density at radius 2 is 2.00 bits per heavy atom. The predicted octanol–water partition coefficient (Wildman–Crippen LogP) is 3.47. The minimum absolute atomic E-state index is 0.135. The monoisotopic (exact) mass is 442 g/mol. The Hall–Kier alpha value is -2.08. The molecule has 2 N–H and O–H groups in total. The van der Waals surface area contributed by atoms with E-state index < -0.39 is 0 Å². The molecule has 2 heterocycles. The van der Waals surface area contributed by atoms with Crippen molar-refractivity contribution in [3.8, 4) is 0 Å². The summed E-state index contributed by atoms with van der Waals surface area (Å²) in [5, 5.41) is 6.91. The average molecular weight is 443 g/mol. The lowest BCUT2D eigenvalue weighted by atomic mass is 9.78. The lowest BCUT2D eigenvalue weighted by Crippen LogP contribution is -2.47.